The lowest BCUT2D eigenvalue weighted by atomic mass is 9.98. The number of nitrogens with one attached hydrogen (secondary N) is 1. The van der Waals surface area contributed by atoms with E-state index in [1.54, 1.807) is 0 Å². The van der Waals surface area contributed by atoms with Gasteiger partial charge >= 0.3 is 0 Å². The van der Waals surface area contributed by atoms with Gasteiger partial charge in [0.25, 0.3) is 0 Å². The number of rotatable bonds is 3. The Balaban J connectivity index is 1.61. The summed E-state index contributed by atoms with van der Waals surface area (Å²) in [6.07, 6.45) is 3.04. The van der Waals surface area contributed by atoms with E-state index in [2.05, 4.69) is 5.32 Å². The van der Waals surface area contributed by atoms with Crippen LogP contribution >= 0.6 is 11.8 Å². The molecule has 0 saturated carbocycles. The minimum Gasteiger partial charge on any atom is -0.390 e. The van der Waals surface area contributed by atoms with Crippen molar-refractivity contribution in [1.29, 1.82) is 0 Å². The van der Waals surface area contributed by atoms with Gasteiger partial charge in [-0.1, -0.05) is 24.3 Å². The zero-order chi connectivity index (χ0) is 13.9. The van der Waals surface area contributed by atoms with E-state index in [0.717, 1.165) is 24.0 Å². The van der Waals surface area contributed by atoms with E-state index >= 15 is 0 Å². The molecule has 20 heavy (non-hydrogen) atoms. The van der Waals surface area contributed by atoms with Crippen LogP contribution in [0.1, 0.15) is 36.4 Å². The summed E-state index contributed by atoms with van der Waals surface area (Å²) < 4.78 is 0. The van der Waals surface area contributed by atoms with Crippen LogP contribution < -0.4 is 5.32 Å². The first kappa shape index (κ1) is 14.0. The van der Waals surface area contributed by atoms with Crippen LogP contribution in [0.3, 0.4) is 0 Å². The first-order valence-corrected chi connectivity index (χ1v) is 8.52. The van der Waals surface area contributed by atoms with Gasteiger partial charge in [-0.25, -0.2) is 0 Å². The summed E-state index contributed by atoms with van der Waals surface area (Å²) in [5.41, 5.74) is 2.23. The molecule has 1 heterocycles. The number of carbonyl (C=O) groups excluding carboxylic acids is 1. The molecule has 0 spiro atoms. The van der Waals surface area contributed by atoms with Crippen LogP contribution in [0.2, 0.25) is 0 Å². The Morgan fingerprint density at radius 3 is 2.85 bits per heavy atom. The molecule has 0 bridgehead atoms. The molecule has 1 aliphatic carbocycles. The molecule has 2 N–H and O–H groups in total. The minimum absolute atomic E-state index is 0.0858. The summed E-state index contributed by atoms with van der Waals surface area (Å²) in [6, 6.07) is 7.76. The van der Waals surface area contributed by atoms with Crippen molar-refractivity contribution >= 4 is 17.7 Å². The second kappa shape index (κ2) is 6.19. The fraction of sp³-hybridized carbons (Fsp3) is 0.562. The molecule has 108 valence electrons. The number of benzene rings is 1. The minimum atomic E-state index is -0.488. The number of fused-ring (bicyclic) bond motifs is 1. The number of hydrogen-bond acceptors (Lipinski definition) is 3. The van der Waals surface area contributed by atoms with Gasteiger partial charge in [0.2, 0.25) is 5.91 Å². The van der Waals surface area contributed by atoms with Crippen LogP contribution in [0.25, 0.3) is 0 Å². The smallest absolute Gasteiger partial charge is 0.220 e. The summed E-state index contributed by atoms with van der Waals surface area (Å²) in [5, 5.41) is 13.2. The third-order valence-corrected chi connectivity index (χ3v) is 5.38. The molecule has 0 unspecified atom stereocenters. The summed E-state index contributed by atoms with van der Waals surface area (Å²) in [7, 11) is 0. The van der Waals surface area contributed by atoms with Crippen LogP contribution in [0.5, 0.6) is 0 Å². The molecular formula is C16H21NO2S. The van der Waals surface area contributed by atoms with Crippen molar-refractivity contribution in [3.05, 3.63) is 35.4 Å². The van der Waals surface area contributed by atoms with Crippen molar-refractivity contribution in [1.82, 2.24) is 5.32 Å². The van der Waals surface area contributed by atoms with Crippen LogP contribution in [0.4, 0.5) is 0 Å². The second-order valence-corrected chi connectivity index (χ2v) is 7.00. The Morgan fingerprint density at radius 1 is 1.30 bits per heavy atom. The molecule has 0 radical (unpaired) electrons. The standard InChI is InChI=1S/C16H21NO2S/c18-14-10-12-3-1-2-4-13(12)16(14)17-15(19)9-11-5-7-20-8-6-11/h1-4,11,14,16,18H,5-10H2,(H,17,19)/t14-,16+/m1/s1. The highest BCUT2D eigenvalue weighted by Crippen LogP contribution is 2.32. The van der Waals surface area contributed by atoms with Gasteiger partial charge in [-0.15, -0.1) is 0 Å². The van der Waals surface area contributed by atoms with E-state index in [4.69, 9.17) is 0 Å². The maximum atomic E-state index is 12.2. The Kier molecular flexibility index (Phi) is 4.32. The van der Waals surface area contributed by atoms with Gasteiger partial charge < -0.3 is 10.4 Å². The van der Waals surface area contributed by atoms with Gasteiger partial charge in [-0.3, -0.25) is 4.79 Å². The summed E-state index contributed by atoms with van der Waals surface area (Å²) in [6.45, 7) is 0. The van der Waals surface area contributed by atoms with Crippen molar-refractivity contribution in [3.8, 4) is 0 Å². The Hall–Kier alpha value is -1.00. The number of hydrogen-bond donors (Lipinski definition) is 2. The molecule has 1 aromatic carbocycles. The normalized spacial score (nSPS) is 26.2. The number of carbonyl (C=O) groups is 1. The van der Waals surface area contributed by atoms with Crippen LogP contribution in [-0.2, 0) is 11.2 Å². The highest BCUT2D eigenvalue weighted by Gasteiger charge is 2.32. The van der Waals surface area contributed by atoms with Crippen LogP contribution in [0.15, 0.2) is 24.3 Å². The molecule has 0 aromatic heterocycles. The molecule has 3 nitrogen and oxygen atoms in total. The van der Waals surface area contributed by atoms with Crippen LogP contribution in [-0.4, -0.2) is 28.6 Å². The summed E-state index contributed by atoms with van der Waals surface area (Å²) in [5.74, 6) is 2.95. The van der Waals surface area contributed by atoms with Gasteiger partial charge in [0, 0.05) is 12.8 Å². The van der Waals surface area contributed by atoms with Gasteiger partial charge in [-0.2, -0.15) is 11.8 Å². The van der Waals surface area contributed by atoms with Crippen molar-refractivity contribution in [2.24, 2.45) is 5.92 Å². The summed E-state index contributed by atoms with van der Waals surface area (Å²) in [4.78, 5) is 12.2. The number of thioether (sulfide) groups is 1. The van der Waals surface area contributed by atoms with Crippen molar-refractivity contribution in [2.45, 2.75) is 37.8 Å². The highest BCUT2D eigenvalue weighted by atomic mass is 32.2. The highest BCUT2D eigenvalue weighted by molar-refractivity contribution is 7.99. The van der Waals surface area contributed by atoms with Gasteiger partial charge in [-0.05, 0) is 41.4 Å². The number of aliphatic hydroxyl groups is 1. The van der Waals surface area contributed by atoms with E-state index in [0.29, 0.717) is 18.8 Å². The topological polar surface area (TPSA) is 49.3 Å². The predicted molar refractivity (Wildman–Crippen MR) is 81.7 cm³/mol. The van der Waals surface area contributed by atoms with E-state index in [9.17, 15) is 9.90 Å². The van der Waals surface area contributed by atoms with E-state index < -0.39 is 6.10 Å². The Bertz CT molecular complexity index is 485. The zero-order valence-corrected chi connectivity index (χ0v) is 12.4. The molecule has 2 aliphatic rings. The molecule has 1 saturated heterocycles. The zero-order valence-electron chi connectivity index (χ0n) is 11.5. The second-order valence-electron chi connectivity index (χ2n) is 5.78. The van der Waals surface area contributed by atoms with Crippen molar-refractivity contribution in [3.63, 3.8) is 0 Å². The molecule has 3 rings (SSSR count). The molecule has 4 heteroatoms. The summed E-state index contributed by atoms with van der Waals surface area (Å²) >= 11 is 1.98. The van der Waals surface area contributed by atoms with Crippen molar-refractivity contribution < 1.29 is 9.90 Å². The van der Waals surface area contributed by atoms with Crippen molar-refractivity contribution in [2.75, 3.05) is 11.5 Å². The maximum absolute atomic E-state index is 12.2. The molecule has 1 amide bonds. The molecular weight excluding hydrogens is 270 g/mol. The van der Waals surface area contributed by atoms with E-state index in [-0.39, 0.29) is 11.9 Å². The third kappa shape index (κ3) is 3.01. The third-order valence-electron chi connectivity index (χ3n) is 4.34. The lowest BCUT2D eigenvalue weighted by molar-refractivity contribution is -0.123. The maximum Gasteiger partial charge on any atom is 0.220 e. The Labute approximate surface area is 124 Å². The number of aliphatic hydroxyl groups excluding tert-OH is 1. The molecule has 1 aliphatic heterocycles. The SMILES string of the molecule is O=C(CC1CCSCC1)N[C@H]1c2ccccc2C[C@H]1O. The average Bonchev–Trinajstić information content (AvgIpc) is 2.76. The Morgan fingerprint density at radius 2 is 2.05 bits per heavy atom. The molecule has 1 fully saturated rings. The largest absolute Gasteiger partial charge is 0.390 e. The van der Waals surface area contributed by atoms with E-state index in [1.807, 2.05) is 36.0 Å². The molecule has 1 aromatic rings. The fourth-order valence-electron chi connectivity index (χ4n) is 3.19. The number of amides is 1. The lowest BCUT2D eigenvalue weighted by Crippen LogP contribution is -2.35. The van der Waals surface area contributed by atoms with Gasteiger partial charge in [0.15, 0.2) is 0 Å². The quantitative estimate of drug-likeness (QED) is 0.898. The fourth-order valence-corrected chi connectivity index (χ4v) is 4.40. The predicted octanol–water partition coefficient (Wildman–Crippen LogP) is 2.29. The monoisotopic (exact) mass is 291 g/mol. The van der Waals surface area contributed by atoms with E-state index in [1.165, 1.54) is 11.5 Å². The van der Waals surface area contributed by atoms with Crippen LogP contribution in [0, 0.1) is 5.92 Å². The molecule has 2 atom stereocenters. The average molecular weight is 291 g/mol. The first-order chi connectivity index (χ1) is 9.74. The lowest BCUT2D eigenvalue weighted by Gasteiger charge is -2.23. The van der Waals surface area contributed by atoms with Gasteiger partial charge in [0.05, 0.1) is 12.1 Å². The van der Waals surface area contributed by atoms with Gasteiger partial charge in [0.1, 0.15) is 0 Å². The first-order valence-electron chi connectivity index (χ1n) is 7.37.